The van der Waals surface area contributed by atoms with Gasteiger partial charge in [0, 0.05) is 0 Å². The van der Waals surface area contributed by atoms with Crippen LogP contribution in [0.1, 0.15) is 0 Å². The van der Waals surface area contributed by atoms with Crippen molar-refractivity contribution in [2.75, 3.05) is 0 Å². The van der Waals surface area contributed by atoms with Crippen molar-refractivity contribution in [2.24, 2.45) is 0 Å². The van der Waals surface area contributed by atoms with E-state index in [9.17, 15) is 0 Å². The average molecular weight is 234 g/mol. The van der Waals surface area contributed by atoms with Crippen LogP contribution in [0.2, 0.25) is 10.3 Å². The van der Waals surface area contributed by atoms with E-state index >= 15 is 0 Å². The van der Waals surface area contributed by atoms with Crippen LogP contribution in [0.25, 0.3) is 0 Å². The van der Waals surface area contributed by atoms with E-state index in [0.717, 1.165) is 0 Å². The van der Waals surface area contributed by atoms with E-state index in [2.05, 4.69) is 24.9 Å². The molecule has 2 heteroatoms. The Bertz CT molecular complexity index is 10.8. The minimum atomic E-state index is -0.204. The molecule has 0 saturated heterocycles. The van der Waals surface area contributed by atoms with Crippen LogP contribution in [0.15, 0.2) is 0 Å². The molecule has 0 aliphatic rings. The van der Waals surface area contributed by atoms with Crippen LogP contribution in [0.3, 0.4) is 0 Å². The Labute approximate surface area is 40.7 Å². The molecule has 0 fully saturated rings. The Hall–Kier alpha value is 1.34. The molecule has 0 N–H and O–H groups in total. The fraction of sp³-hybridized carbons (Fsp3) is 1.00. The topological polar surface area (TPSA) is 0 Å². The van der Waals surface area contributed by atoms with Gasteiger partial charge in [0.2, 0.25) is 0 Å². The molecule has 0 unspecified atom stereocenters. The van der Waals surface area contributed by atoms with E-state index in [-0.39, 0.29) is 15.9 Å². The Morgan fingerprint density at radius 3 is 1.50 bits per heavy atom. The molecule has 0 aliphatic heterocycles. The van der Waals surface area contributed by atoms with E-state index in [4.69, 9.17) is 0 Å². The van der Waals surface area contributed by atoms with Gasteiger partial charge >= 0.3 is 40.8 Å². The van der Waals surface area contributed by atoms with E-state index in [1.165, 1.54) is 0 Å². The predicted molar refractivity (Wildman–Crippen MR) is 17.5 cm³/mol. The summed E-state index contributed by atoms with van der Waals surface area (Å²) in [5.74, 6) is 0. The summed E-state index contributed by atoms with van der Waals surface area (Å²) in [4.78, 5) is 0. The third kappa shape index (κ3) is 10.2. The third-order valence-electron chi connectivity index (χ3n) is 0. The van der Waals surface area contributed by atoms with Gasteiger partial charge in [0.25, 0.3) is 0 Å². The van der Waals surface area contributed by atoms with Crippen molar-refractivity contribution in [1.29, 1.82) is 0 Å². The monoisotopic (exact) mass is 234 g/mol. The zero-order valence-electron chi connectivity index (χ0n) is 3.30. The van der Waals surface area contributed by atoms with Gasteiger partial charge in [-0.15, -0.1) is 0 Å². The standard InChI is InChI=1S/2CH3.Au.Li/h2*1H3;;. The molecule has 0 rings (SSSR count). The predicted octanol–water partition coefficient (Wildman–Crippen LogP) is 0.784. The first-order chi connectivity index (χ1) is 1.73. The van der Waals surface area contributed by atoms with Crippen LogP contribution in [-0.4, -0.2) is 14.6 Å². The van der Waals surface area contributed by atoms with E-state index < -0.39 is 0 Å². The summed E-state index contributed by atoms with van der Waals surface area (Å²) < 4.78 is 0. The van der Waals surface area contributed by atoms with Crippen molar-refractivity contribution < 1.29 is 15.9 Å². The van der Waals surface area contributed by atoms with Crippen LogP contribution < -0.4 is 0 Å². The molecule has 0 radical (unpaired) electrons. The van der Waals surface area contributed by atoms with Gasteiger partial charge in [-0.3, -0.25) is 0 Å². The molecular formula is C2H6AuLi. The fourth-order valence-corrected chi connectivity index (χ4v) is 0. The summed E-state index contributed by atoms with van der Waals surface area (Å²) in [6.07, 6.45) is 0. The van der Waals surface area contributed by atoms with Gasteiger partial charge in [0.05, 0.1) is 0 Å². The van der Waals surface area contributed by atoms with E-state index in [1.807, 2.05) is 0 Å². The maximum absolute atomic E-state index is 2.31. The van der Waals surface area contributed by atoms with Crippen LogP contribution in [0.4, 0.5) is 0 Å². The van der Waals surface area contributed by atoms with Crippen LogP contribution in [0, 0.1) is 0 Å². The minimum absolute atomic E-state index is 0.204. The Morgan fingerprint density at radius 2 is 1.50 bits per heavy atom. The molecule has 0 saturated carbocycles. The second-order valence-corrected chi connectivity index (χ2v) is 7.40. The molecule has 0 aliphatic carbocycles. The molecule has 0 spiro atoms. The number of hydrogen-bond donors (Lipinski definition) is 0. The summed E-state index contributed by atoms with van der Waals surface area (Å²) in [7, 11) is 0. The first-order valence-corrected chi connectivity index (χ1v) is 7.40. The summed E-state index contributed by atoms with van der Waals surface area (Å²) >= 11 is 2.11. The van der Waals surface area contributed by atoms with Crippen molar-refractivity contribution in [2.45, 2.75) is 10.3 Å². The molecule has 0 aromatic rings. The van der Waals surface area contributed by atoms with Crippen molar-refractivity contribution in [3.05, 3.63) is 0 Å². The SMILES string of the molecule is [Li][Au]([CH3])[CH3]. The van der Waals surface area contributed by atoms with Crippen molar-refractivity contribution in [3.8, 4) is 0 Å². The Kier molecular flexibility index (Phi) is 3.43. The van der Waals surface area contributed by atoms with E-state index in [1.54, 1.807) is 0 Å². The maximum atomic E-state index is 2.31. The third-order valence-corrected chi connectivity index (χ3v) is 0. The van der Waals surface area contributed by atoms with Crippen molar-refractivity contribution in [3.63, 3.8) is 0 Å². The fourth-order valence-electron chi connectivity index (χ4n) is 0. The Balaban J connectivity index is 2.32. The van der Waals surface area contributed by atoms with Gasteiger partial charge in [-0.25, -0.2) is 0 Å². The first-order valence-electron chi connectivity index (χ1n) is 0.905. The second kappa shape index (κ2) is 2.57. The second-order valence-electron chi connectivity index (χ2n) is 0.905. The molecule has 4 heavy (non-hydrogen) atoms. The molecule has 0 bridgehead atoms. The Morgan fingerprint density at radius 1 is 1.50 bits per heavy atom. The molecule has 0 aromatic heterocycles. The normalized spacial score (nSPS) is 11.5. The van der Waals surface area contributed by atoms with Crippen LogP contribution in [-0.2, 0) is 15.9 Å². The van der Waals surface area contributed by atoms with Gasteiger partial charge in [0.1, 0.15) is 0 Å². The quantitative estimate of drug-likeness (QED) is 0.543. The summed E-state index contributed by atoms with van der Waals surface area (Å²) in [6.45, 7) is 0. The van der Waals surface area contributed by atoms with Gasteiger partial charge in [-0.2, -0.15) is 0 Å². The number of hydrogen-bond acceptors (Lipinski definition) is 0. The van der Waals surface area contributed by atoms with Crippen molar-refractivity contribution in [1.82, 2.24) is 0 Å². The molecular weight excluding hydrogens is 228 g/mol. The van der Waals surface area contributed by atoms with Gasteiger partial charge < -0.3 is 0 Å². The summed E-state index contributed by atoms with van der Waals surface area (Å²) in [5.41, 5.74) is 0. The number of rotatable bonds is 0. The van der Waals surface area contributed by atoms with Gasteiger partial charge in [-0.1, -0.05) is 0 Å². The van der Waals surface area contributed by atoms with Crippen LogP contribution >= 0.6 is 0 Å². The van der Waals surface area contributed by atoms with Gasteiger partial charge in [-0.05, 0) is 0 Å². The molecule has 0 amide bonds. The zero-order valence-corrected chi connectivity index (χ0v) is 5.47. The summed E-state index contributed by atoms with van der Waals surface area (Å²) in [6, 6.07) is 0. The zero-order chi connectivity index (χ0) is 3.58. The molecule has 0 nitrogen and oxygen atoms in total. The molecule has 0 atom stereocenters. The first kappa shape index (κ1) is 5.34. The van der Waals surface area contributed by atoms with E-state index in [0.29, 0.717) is 0 Å². The van der Waals surface area contributed by atoms with Gasteiger partial charge in [0.15, 0.2) is 0 Å². The van der Waals surface area contributed by atoms with Crippen LogP contribution in [0.5, 0.6) is 0 Å². The molecule has 26 valence electrons. The molecule has 0 aromatic carbocycles. The summed E-state index contributed by atoms with van der Waals surface area (Å²) in [5, 5.41) is 4.63. The molecule has 0 heterocycles. The average Bonchev–Trinajstić information content (AvgIpc) is 0.811. The van der Waals surface area contributed by atoms with Crippen molar-refractivity contribution >= 4 is 14.6 Å².